The third kappa shape index (κ3) is 5.29. The van der Waals surface area contributed by atoms with Gasteiger partial charge >= 0.3 is 0 Å². The van der Waals surface area contributed by atoms with Gasteiger partial charge in [0.25, 0.3) is 5.91 Å². The monoisotopic (exact) mass is 526 g/mol. The Balaban J connectivity index is 1.47. The second-order valence-electron chi connectivity index (χ2n) is 7.56. The van der Waals surface area contributed by atoms with E-state index < -0.39 is 5.91 Å². The summed E-state index contributed by atoms with van der Waals surface area (Å²) in [7, 11) is 1.57. The van der Waals surface area contributed by atoms with E-state index >= 15 is 0 Å². The molecule has 6 nitrogen and oxygen atoms in total. The summed E-state index contributed by atoms with van der Waals surface area (Å²) in [5, 5.41) is 3.33. The first-order valence-electron chi connectivity index (χ1n) is 10.4. The maximum Gasteiger partial charge on any atom is 0.251 e. The van der Waals surface area contributed by atoms with E-state index in [0.29, 0.717) is 33.1 Å². The number of thiophene rings is 1. The molecule has 170 valence electrons. The molecule has 2 aromatic carbocycles. The van der Waals surface area contributed by atoms with Gasteiger partial charge in [-0.15, -0.1) is 11.3 Å². The molecule has 3 N–H and O–H groups in total. The minimum atomic E-state index is -0.506. The van der Waals surface area contributed by atoms with Crippen LogP contribution in [0.5, 0.6) is 11.5 Å². The highest BCUT2D eigenvalue weighted by Crippen LogP contribution is 2.39. The van der Waals surface area contributed by atoms with Crippen LogP contribution in [-0.2, 0) is 24.2 Å². The number of fused-ring (bicyclic) bond motifs is 1. The zero-order valence-electron chi connectivity index (χ0n) is 18.0. The molecule has 0 bridgehead atoms. The molecule has 3 aromatic rings. The Morgan fingerprint density at radius 2 is 2.00 bits per heavy atom. The number of methoxy groups -OCH3 is 1. The molecule has 0 spiro atoms. The molecule has 0 aliphatic heterocycles. The van der Waals surface area contributed by atoms with Gasteiger partial charge in [0, 0.05) is 11.0 Å². The largest absolute Gasteiger partial charge is 0.493 e. The molecular weight excluding hydrogens is 504 g/mol. The van der Waals surface area contributed by atoms with Crippen molar-refractivity contribution >= 4 is 50.2 Å². The summed E-state index contributed by atoms with van der Waals surface area (Å²) in [5.74, 6) is 0.290. The number of nitrogens with one attached hydrogen (secondary N) is 1. The zero-order valence-corrected chi connectivity index (χ0v) is 20.4. The number of anilines is 1. The smallest absolute Gasteiger partial charge is 0.251 e. The van der Waals surface area contributed by atoms with Gasteiger partial charge in [0.05, 0.1) is 17.1 Å². The van der Waals surface area contributed by atoms with Crippen LogP contribution in [0.3, 0.4) is 0 Å². The molecule has 33 heavy (non-hydrogen) atoms. The first-order chi connectivity index (χ1) is 16.0. The molecular formula is C25H23BrN2O4S. The van der Waals surface area contributed by atoms with E-state index in [0.717, 1.165) is 40.8 Å². The van der Waals surface area contributed by atoms with Crippen molar-refractivity contribution in [3.05, 3.63) is 80.1 Å². The van der Waals surface area contributed by atoms with Crippen LogP contribution < -0.4 is 20.5 Å². The number of nitrogens with two attached hydrogens (primary N) is 1. The van der Waals surface area contributed by atoms with Gasteiger partial charge in [-0.2, -0.15) is 0 Å². The number of aryl methyl sites for hydroxylation is 1. The average molecular weight is 527 g/mol. The van der Waals surface area contributed by atoms with Gasteiger partial charge in [-0.05, 0) is 70.1 Å². The van der Waals surface area contributed by atoms with Crippen LogP contribution in [0.1, 0.15) is 38.3 Å². The van der Waals surface area contributed by atoms with Crippen molar-refractivity contribution < 1.29 is 19.1 Å². The van der Waals surface area contributed by atoms with Crippen LogP contribution in [0.15, 0.2) is 53.0 Å². The van der Waals surface area contributed by atoms with E-state index in [-0.39, 0.29) is 5.91 Å². The summed E-state index contributed by atoms with van der Waals surface area (Å²) in [5.41, 5.74) is 8.78. The van der Waals surface area contributed by atoms with Crippen LogP contribution in [-0.4, -0.2) is 18.9 Å². The lowest BCUT2D eigenvalue weighted by Crippen LogP contribution is -2.16. The van der Waals surface area contributed by atoms with E-state index in [9.17, 15) is 9.59 Å². The lowest BCUT2D eigenvalue weighted by molar-refractivity contribution is -0.111. The molecule has 0 radical (unpaired) electrons. The minimum absolute atomic E-state index is 0.336. The predicted molar refractivity (Wildman–Crippen MR) is 134 cm³/mol. The second-order valence-corrected chi connectivity index (χ2v) is 9.52. The maximum atomic E-state index is 12.5. The molecule has 0 unspecified atom stereocenters. The molecule has 1 aliphatic carbocycles. The molecule has 1 aliphatic rings. The average Bonchev–Trinajstić information content (AvgIpc) is 3.37. The predicted octanol–water partition coefficient (Wildman–Crippen LogP) is 5.34. The van der Waals surface area contributed by atoms with E-state index in [1.807, 2.05) is 36.4 Å². The fraction of sp³-hybridized carbons (Fsp3) is 0.200. The number of halogens is 1. The molecule has 1 heterocycles. The first-order valence-corrected chi connectivity index (χ1v) is 12.0. The van der Waals surface area contributed by atoms with E-state index in [1.54, 1.807) is 19.3 Å². The SMILES string of the molecule is COc1cc(/C=C/C(=O)Nc2sc3c(c2C(N)=O)CCC3)cc(Br)c1OCc1ccccc1. The van der Waals surface area contributed by atoms with Crippen LogP contribution in [0.4, 0.5) is 5.00 Å². The quantitative estimate of drug-likeness (QED) is 0.387. The van der Waals surface area contributed by atoms with E-state index in [1.165, 1.54) is 17.4 Å². The van der Waals surface area contributed by atoms with Crippen molar-refractivity contribution in [2.45, 2.75) is 25.9 Å². The molecule has 2 amide bonds. The van der Waals surface area contributed by atoms with Crippen molar-refractivity contribution in [2.24, 2.45) is 5.73 Å². The topological polar surface area (TPSA) is 90.6 Å². The lowest BCUT2D eigenvalue weighted by atomic mass is 10.1. The first kappa shape index (κ1) is 23.1. The van der Waals surface area contributed by atoms with Gasteiger partial charge in [0.1, 0.15) is 11.6 Å². The molecule has 1 aromatic heterocycles. The minimum Gasteiger partial charge on any atom is -0.493 e. The molecule has 4 rings (SSSR count). The number of carbonyl (C=O) groups is 2. The van der Waals surface area contributed by atoms with Crippen molar-refractivity contribution in [2.75, 3.05) is 12.4 Å². The number of hydrogen-bond acceptors (Lipinski definition) is 5. The summed E-state index contributed by atoms with van der Waals surface area (Å²) >= 11 is 4.96. The fourth-order valence-electron chi connectivity index (χ4n) is 3.78. The number of rotatable bonds is 8. The molecule has 0 saturated heterocycles. The zero-order chi connectivity index (χ0) is 23.4. The molecule has 0 atom stereocenters. The highest BCUT2D eigenvalue weighted by Gasteiger charge is 2.25. The van der Waals surface area contributed by atoms with Gasteiger partial charge in [0.15, 0.2) is 11.5 Å². The number of benzene rings is 2. The number of amides is 2. The van der Waals surface area contributed by atoms with Crippen LogP contribution >= 0.6 is 27.3 Å². The van der Waals surface area contributed by atoms with Crippen molar-refractivity contribution in [3.8, 4) is 11.5 Å². The lowest BCUT2D eigenvalue weighted by Gasteiger charge is -2.13. The number of hydrogen-bond donors (Lipinski definition) is 2. The Kier molecular flexibility index (Phi) is 7.15. The Morgan fingerprint density at radius 3 is 2.73 bits per heavy atom. The maximum absolute atomic E-state index is 12.5. The third-order valence-electron chi connectivity index (χ3n) is 5.31. The van der Waals surface area contributed by atoms with Crippen LogP contribution in [0.2, 0.25) is 0 Å². The van der Waals surface area contributed by atoms with E-state index in [4.69, 9.17) is 15.2 Å². The molecule has 0 fully saturated rings. The Labute approximate surface area is 204 Å². The van der Waals surface area contributed by atoms with Gasteiger partial charge in [0.2, 0.25) is 5.91 Å². The van der Waals surface area contributed by atoms with Crippen molar-refractivity contribution in [1.82, 2.24) is 0 Å². The van der Waals surface area contributed by atoms with Gasteiger partial charge in [-0.25, -0.2) is 0 Å². The van der Waals surface area contributed by atoms with Crippen LogP contribution in [0, 0.1) is 0 Å². The number of carbonyl (C=O) groups excluding carboxylic acids is 2. The van der Waals surface area contributed by atoms with Crippen LogP contribution in [0.25, 0.3) is 6.08 Å². The third-order valence-corrected chi connectivity index (χ3v) is 7.11. The number of primary amides is 1. The van der Waals surface area contributed by atoms with E-state index in [2.05, 4.69) is 21.2 Å². The van der Waals surface area contributed by atoms with Gasteiger partial charge < -0.3 is 20.5 Å². The Hall–Kier alpha value is -3.10. The molecule has 8 heteroatoms. The normalized spacial score (nSPS) is 12.5. The summed E-state index contributed by atoms with van der Waals surface area (Å²) in [6.07, 6.45) is 5.84. The highest BCUT2D eigenvalue weighted by atomic mass is 79.9. The standard InChI is InChI=1S/C25H23BrN2O4S/c1-31-19-13-16(12-18(26)23(19)32-14-15-6-3-2-4-7-15)10-11-21(29)28-25-22(24(27)30)17-8-5-9-20(17)33-25/h2-4,6-7,10-13H,5,8-9,14H2,1H3,(H2,27,30)(H,28,29)/b11-10+. The Morgan fingerprint density at radius 1 is 1.21 bits per heavy atom. The Bertz CT molecular complexity index is 1220. The fourth-order valence-corrected chi connectivity index (χ4v) is 5.66. The highest BCUT2D eigenvalue weighted by molar-refractivity contribution is 9.10. The summed E-state index contributed by atoms with van der Waals surface area (Å²) in [4.78, 5) is 25.6. The number of ether oxygens (including phenoxy) is 2. The molecule has 0 saturated carbocycles. The van der Waals surface area contributed by atoms with Gasteiger partial charge in [-0.3, -0.25) is 9.59 Å². The van der Waals surface area contributed by atoms with Crippen molar-refractivity contribution in [3.63, 3.8) is 0 Å². The summed E-state index contributed by atoms with van der Waals surface area (Å²) in [6.45, 7) is 0.403. The van der Waals surface area contributed by atoms with Crippen molar-refractivity contribution in [1.29, 1.82) is 0 Å². The van der Waals surface area contributed by atoms with Gasteiger partial charge in [-0.1, -0.05) is 30.3 Å². The summed E-state index contributed by atoms with van der Waals surface area (Å²) < 4.78 is 12.2. The summed E-state index contributed by atoms with van der Waals surface area (Å²) in [6, 6.07) is 13.5. The second kappa shape index (κ2) is 10.2.